The van der Waals surface area contributed by atoms with Crippen molar-refractivity contribution in [1.29, 1.82) is 0 Å². The van der Waals surface area contributed by atoms with E-state index in [2.05, 4.69) is 98.9 Å². The molecule has 0 bridgehead atoms. The van der Waals surface area contributed by atoms with Crippen molar-refractivity contribution in [2.45, 2.75) is 367 Å². The van der Waals surface area contributed by atoms with Gasteiger partial charge in [0.05, 0.1) is 27.7 Å². The number of carbonyl (C=O) groups is 2. The van der Waals surface area contributed by atoms with E-state index in [1.165, 1.54) is 257 Å². The zero-order chi connectivity index (χ0) is 65.5. The third-order valence-electron chi connectivity index (χ3n) is 16.9. The first kappa shape index (κ1) is 87.2. The minimum absolute atomic E-state index is 0.0320. The van der Waals surface area contributed by atoms with Gasteiger partial charge in [-0.05, 0) is 89.9 Å². The van der Waals surface area contributed by atoms with Crippen LogP contribution in [0.2, 0.25) is 0 Å². The molecule has 2 atom stereocenters. The largest absolute Gasteiger partial charge is 0.472 e. The van der Waals surface area contributed by atoms with E-state index in [0.717, 1.165) is 70.6 Å². The lowest BCUT2D eigenvalue weighted by molar-refractivity contribution is -0.870. The van der Waals surface area contributed by atoms with Gasteiger partial charge in [0, 0.05) is 12.8 Å². The summed E-state index contributed by atoms with van der Waals surface area (Å²) in [7, 11) is 1.49. The number of nitrogens with zero attached hydrogens (tertiary/aromatic N) is 1. The Labute approximate surface area is 558 Å². The van der Waals surface area contributed by atoms with E-state index in [0.29, 0.717) is 17.4 Å². The molecule has 0 saturated heterocycles. The van der Waals surface area contributed by atoms with E-state index in [4.69, 9.17) is 18.5 Å². The molecule has 0 saturated carbocycles. The summed E-state index contributed by atoms with van der Waals surface area (Å²) in [6, 6.07) is 0. The molecule has 0 amide bonds. The topological polar surface area (TPSA) is 108 Å². The Morgan fingerprint density at radius 3 is 0.944 bits per heavy atom. The molecule has 2 unspecified atom stereocenters. The highest BCUT2D eigenvalue weighted by Gasteiger charge is 2.27. The van der Waals surface area contributed by atoms with Gasteiger partial charge in [0.15, 0.2) is 6.10 Å². The van der Waals surface area contributed by atoms with Crippen molar-refractivity contribution in [3.8, 4) is 0 Å². The van der Waals surface area contributed by atoms with Crippen molar-refractivity contribution < 1.29 is 42.1 Å². The number of likely N-dealkylation sites (N-methyl/N-ethyl adjacent to an activating group) is 1. The smallest absolute Gasteiger partial charge is 0.462 e. The highest BCUT2D eigenvalue weighted by molar-refractivity contribution is 7.47. The Morgan fingerprint density at radius 1 is 0.356 bits per heavy atom. The van der Waals surface area contributed by atoms with Gasteiger partial charge in [0.1, 0.15) is 19.8 Å². The molecular weight excluding hydrogens is 1130 g/mol. The molecule has 90 heavy (non-hydrogen) atoms. The number of hydrogen-bond acceptors (Lipinski definition) is 7. The Morgan fingerprint density at radius 2 is 0.633 bits per heavy atom. The molecule has 0 aliphatic heterocycles. The van der Waals surface area contributed by atoms with Crippen LogP contribution in [-0.4, -0.2) is 74.9 Å². The average molecular weight is 1280 g/mol. The minimum Gasteiger partial charge on any atom is -0.462 e. The third-order valence-corrected chi connectivity index (χ3v) is 17.9. The summed E-state index contributed by atoms with van der Waals surface area (Å²) in [6.07, 6.45) is 97.1. The fourth-order valence-electron chi connectivity index (χ4n) is 11.1. The van der Waals surface area contributed by atoms with Gasteiger partial charge in [-0.15, -0.1) is 0 Å². The lowest BCUT2D eigenvalue weighted by Gasteiger charge is -2.24. The molecule has 524 valence electrons. The van der Waals surface area contributed by atoms with Crippen LogP contribution >= 0.6 is 7.82 Å². The van der Waals surface area contributed by atoms with E-state index in [9.17, 15) is 19.0 Å². The first-order valence-corrected chi connectivity index (χ1v) is 39.8. The van der Waals surface area contributed by atoms with E-state index < -0.39 is 26.5 Å². The van der Waals surface area contributed by atoms with Crippen molar-refractivity contribution in [2.75, 3.05) is 47.5 Å². The first-order valence-electron chi connectivity index (χ1n) is 38.3. The summed E-state index contributed by atoms with van der Waals surface area (Å²) in [4.78, 5) is 36.0. The number of phosphoric acid groups is 1. The highest BCUT2D eigenvalue weighted by Crippen LogP contribution is 2.43. The average Bonchev–Trinajstić information content (AvgIpc) is 3.61. The molecule has 1 N–H and O–H groups in total. The van der Waals surface area contributed by atoms with Gasteiger partial charge >= 0.3 is 19.8 Å². The number of quaternary nitrogens is 1. The van der Waals surface area contributed by atoms with Crippen LogP contribution in [0.3, 0.4) is 0 Å². The third kappa shape index (κ3) is 74.2. The summed E-state index contributed by atoms with van der Waals surface area (Å²) in [5.74, 6) is -0.781. The van der Waals surface area contributed by atoms with Crippen LogP contribution < -0.4 is 0 Å². The van der Waals surface area contributed by atoms with E-state index in [1.54, 1.807) is 0 Å². The monoisotopic (exact) mass is 1280 g/mol. The molecule has 0 fully saturated rings. The molecule has 0 spiro atoms. The Kier molecular flexibility index (Phi) is 68.3. The van der Waals surface area contributed by atoms with Crippen LogP contribution in [0.4, 0.5) is 0 Å². The lowest BCUT2D eigenvalue weighted by Crippen LogP contribution is -2.37. The molecule has 0 heterocycles. The number of esters is 2. The molecule has 0 aromatic rings. The van der Waals surface area contributed by atoms with Gasteiger partial charge in [0.25, 0.3) is 0 Å². The van der Waals surface area contributed by atoms with E-state index in [1.807, 2.05) is 21.1 Å². The molecule has 0 rings (SSSR count). The quantitative estimate of drug-likeness (QED) is 0.0211. The number of allylic oxidation sites excluding steroid dienone is 14. The van der Waals surface area contributed by atoms with Crippen LogP contribution in [0, 0.1) is 0 Å². The number of hydrogen-bond donors (Lipinski definition) is 1. The summed E-state index contributed by atoms with van der Waals surface area (Å²) < 4.78 is 34.8. The molecule has 9 nitrogen and oxygen atoms in total. The Hall–Kier alpha value is -2.81. The number of ether oxygens (including phenoxy) is 2. The second kappa shape index (κ2) is 70.5. The summed E-state index contributed by atoms with van der Waals surface area (Å²) in [6.45, 7) is 4.36. The zero-order valence-corrected chi connectivity index (χ0v) is 60.8. The summed E-state index contributed by atoms with van der Waals surface area (Å²) >= 11 is 0. The van der Waals surface area contributed by atoms with Gasteiger partial charge < -0.3 is 18.9 Å². The van der Waals surface area contributed by atoms with Crippen molar-refractivity contribution in [3.05, 3.63) is 85.1 Å². The summed E-state index contributed by atoms with van der Waals surface area (Å²) in [5.41, 5.74) is 0. The van der Waals surface area contributed by atoms with Gasteiger partial charge in [-0.1, -0.05) is 343 Å². The molecule has 0 aliphatic rings. The van der Waals surface area contributed by atoms with Crippen molar-refractivity contribution in [1.82, 2.24) is 0 Å². The van der Waals surface area contributed by atoms with Gasteiger partial charge in [-0.3, -0.25) is 18.6 Å². The highest BCUT2D eigenvalue weighted by atomic mass is 31.2. The SMILES string of the molecule is CC/C=C\C/C=C\C/C=C\C/C=C\CCCCCCCCCCCCCCCCCCCCCCCCC(=O)OC(COC(=O)CCCCCCCCCCCCCCCCCC/C=C\C/C=C\C/C=C\CCCCCCC)COP(=O)(O)OCC[N+](C)(C)C. The van der Waals surface area contributed by atoms with Crippen LogP contribution in [-0.2, 0) is 32.7 Å². The maximum absolute atomic E-state index is 12.9. The number of phosphoric ester groups is 1. The Bertz CT molecular complexity index is 1800. The normalized spacial score (nSPS) is 13.5. The molecule has 0 aliphatic carbocycles. The maximum Gasteiger partial charge on any atom is 0.472 e. The maximum atomic E-state index is 12.9. The van der Waals surface area contributed by atoms with E-state index in [-0.39, 0.29) is 32.0 Å². The van der Waals surface area contributed by atoms with Gasteiger partial charge in [0.2, 0.25) is 0 Å². The molecule has 10 heteroatoms. The van der Waals surface area contributed by atoms with Crippen molar-refractivity contribution in [3.63, 3.8) is 0 Å². The predicted molar refractivity (Wildman–Crippen MR) is 390 cm³/mol. The molecule has 0 aromatic heterocycles. The predicted octanol–water partition coefficient (Wildman–Crippen LogP) is 25.3. The van der Waals surface area contributed by atoms with Crippen molar-refractivity contribution >= 4 is 19.8 Å². The van der Waals surface area contributed by atoms with Crippen LogP contribution in [0.15, 0.2) is 85.1 Å². The molecule has 0 radical (unpaired) electrons. The number of carbonyl (C=O) groups excluding carboxylic acids is 2. The minimum atomic E-state index is -4.40. The zero-order valence-electron chi connectivity index (χ0n) is 59.9. The summed E-state index contributed by atoms with van der Waals surface area (Å²) in [5, 5.41) is 0. The standard InChI is InChI=1S/C80H146NO8P/c1-6-8-10-12-14-16-18-20-22-24-26-28-30-32-34-36-38-39-40-41-43-45-47-49-51-53-55-57-59-61-63-65-67-69-71-73-80(83)89-78(77-88-90(84,85)87-75-74-81(3,4)5)76-86-79(82)72-70-68-66-64-62-60-58-56-54-52-50-48-46-44-42-37-35-33-31-29-27-25-23-21-19-17-15-13-11-9-7-2/h8,10,14,16,19-22,25-28,31,33,78H,6-7,9,11-13,15,17-18,23-24,29-30,32,34-77H2,1-5H3/p+1/b10-8-,16-14-,21-19-,22-20-,27-25-,28-26-,33-31-. The second-order valence-corrected chi connectivity index (χ2v) is 28.5. The molecule has 0 aromatic carbocycles. The van der Waals surface area contributed by atoms with Crippen molar-refractivity contribution in [2.24, 2.45) is 0 Å². The fourth-order valence-corrected chi connectivity index (χ4v) is 11.8. The number of unbranched alkanes of at least 4 members (excludes halogenated alkanes) is 43. The number of rotatable bonds is 71. The lowest BCUT2D eigenvalue weighted by atomic mass is 10.0. The second-order valence-electron chi connectivity index (χ2n) is 27.0. The Balaban J connectivity index is 3.96. The van der Waals surface area contributed by atoms with Crippen LogP contribution in [0.1, 0.15) is 361 Å². The molecular formula is C80H147NO8P+. The van der Waals surface area contributed by atoms with E-state index >= 15 is 0 Å². The fraction of sp³-hybridized carbons (Fsp3) is 0.800. The van der Waals surface area contributed by atoms with Crippen LogP contribution in [0.5, 0.6) is 0 Å². The van der Waals surface area contributed by atoms with Crippen LogP contribution in [0.25, 0.3) is 0 Å². The van der Waals surface area contributed by atoms with Gasteiger partial charge in [-0.25, -0.2) is 4.57 Å². The first-order chi connectivity index (χ1) is 44.0. The van der Waals surface area contributed by atoms with Gasteiger partial charge in [-0.2, -0.15) is 0 Å².